The second kappa shape index (κ2) is 11.5. The molecular formula is C29H37FN4O6. The largest absolute Gasteiger partial charge is 0.490 e. The fourth-order valence-electron chi connectivity index (χ4n) is 4.86. The van der Waals surface area contributed by atoms with Crippen LogP contribution in [0.5, 0.6) is 5.75 Å². The summed E-state index contributed by atoms with van der Waals surface area (Å²) in [6.45, 7) is 13.6. The summed E-state index contributed by atoms with van der Waals surface area (Å²) in [6.07, 6.45) is -0.0634. The fraction of sp³-hybridized carbons (Fsp3) is 0.517. The Kier molecular flexibility index (Phi) is 8.46. The first-order valence-corrected chi connectivity index (χ1v) is 13.4. The smallest absolute Gasteiger partial charge is 0.337 e. The summed E-state index contributed by atoms with van der Waals surface area (Å²) in [4.78, 5) is 30.1. The zero-order chi connectivity index (χ0) is 29.4. The van der Waals surface area contributed by atoms with Crippen molar-refractivity contribution in [2.24, 2.45) is 0 Å². The van der Waals surface area contributed by atoms with Gasteiger partial charge < -0.3 is 24.6 Å². The highest BCUT2D eigenvalue weighted by molar-refractivity contribution is 5.93. The summed E-state index contributed by atoms with van der Waals surface area (Å²) >= 11 is 0. The lowest BCUT2D eigenvalue weighted by Crippen LogP contribution is -2.29. The molecule has 216 valence electrons. The Labute approximate surface area is 232 Å². The first kappa shape index (κ1) is 29.4. The molecule has 40 heavy (non-hydrogen) atoms. The summed E-state index contributed by atoms with van der Waals surface area (Å²) in [5.41, 5.74) is 2.34. The molecule has 10 nitrogen and oxygen atoms in total. The molecule has 0 saturated carbocycles. The van der Waals surface area contributed by atoms with Crippen molar-refractivity contribution < 1.29 is 33.3 Å². The normalized spacial score (nSPS) is 14.2. The van der Waals surface area contributed by atoms with Crippen molar-refractivity contribution in [3.05, 3.63) is 46.0 Å². The van der Waals surface area contributed by atoms with Gasteiger partial charge in [-0.3, -0.25) is 4.79 Å². The van der Waals surface area contributed by atoms with Gasteiger partial charge in [0.15, 0.2) is 29.0 Å². The van der Waals surface area contributed by atoms with E-state index in [1.165, 1.54) is 16.6 Å². The van der Waals surface area contributed by atoms with Gasteiger partial charge in [0.05, 0.1) is 30.6 Å². The fourth-order valence-corrected chi connectivity index (χ4v) is 4.86. The number of aliphatic carboxylic acids is 1. The topological polar surface area (TPSA) is 124 Å². The van der Waals surface area contributed by atoms with Gasteiger partial charge in [-0.15, -0.1) is 0 Å². The van der Waals surface area contributed by atoms with Crippen molar-refractivity contribution in [1.29, 1.82) is 0 Å². The van der Waals surface area contributed by atoms with Gasteiger partial charge in [-0.2, -0.15) is 5.10 Å². The maximum atomic E-state index is 15.4. The van der Waals surface area contributed by atoms with Gasteiger partial charge in [-0.05, 0) is 72.9 Å². The number of rotatable bonds is 9. The number of fused-ring (bicyclic) bond motifs is 2. The molecule has 0 radical (unpaired) electrons. The number of amides is 1. The van der Waals surface area contributed by atoms with Crippen molar-refractivity contribution in [2.75, 3.05) is 19.8 Å². The van der Waals surface area contributed by atoms with E-state index in [0.29, 0.717) is 47.8 Å². The highest BCUT2D eigenvalue weighted by Crippen LogP contribution is 2.41. The van der Waals surface area contributed by atoms with Crippen LogP contribution in [0.15, 0.2) is 12.1 Å². The second-order valence-electron chi connectivity index (χ2n) is 11.2. The summed E-state index contributed by atoms with van der Waals surface area (Å²) in [7, 11) is 0. The third-order valence-electron chi connectivity index (χ3n) is 6.55. The second-order valence-corrected chi connectivity index (χ2v) is 11.2. The number of benzene rings is 1. The first-order valence-electron chi connectivity index (χ1n) is 13.4. The van der Waals surface area contributed by atoms with E-state index in [0.717, 1.165) is 12.0 Å². The van der Waals surface area contributed by atoms with Crippen LogP contribution in [0, 0.1) is 19.7 Å². The van der Waals surface area contributed by atoms with E-state index in [-0.39, 0.29) is 29.7 Å². The van der Waals surface area contributed by atoms with E-state index >= 15 is 4.39 Å². The molecule has 0 unspecified atom stereocenters. The van der Waals surface area contributed by atoms with E-state index in [1.807, 2.05) is 20.8 Å². The molecule has 1 aliphatic rings. The molecule has 1 aromatic carbocycles. The molecule has 0 fully saturated rings. The van der Waals surface area contributed by atoms with Crippen LogP contribution in [0.25, 0.3) is 16.9 Å². The van der Waals surface area contributed by atoms with Gasteiger partial charge in [0.1, 0.15) is 0 Å². The molecule has 3 heterocycles. The zero-order valence-corrected chi connectivity index (χ0v) is 24.1. The lowest BCUT2D eigenvalue weighted by molar-refractivity contribution is -0.160. The van der Waals surface area contributed by atoms with Gasteiger partial charge in [0.2, 0.25) is 0 Å². The Morgan fingerprint density at radius 3 is 2.62 bits per heavy atom. The van der Waals surface area contributed by atoms with E-state index in [1.54, 1.807) is 27.7 Å². The SMILES string of the molecule is Cc1nc2cc(C(=O)NCCOC(C)C)nn2c(-c2cc(F)c3c(c2C)CCCO3)c1[C@H](OC(C)(C)C)C(=O)O. The molecule has 0 spiro atoms. The molecule has 0 bridgehead atoms. The molecule has 0 saturated heterocycles. The monoisotopic (exact) mass is 556 g/mol. The third-order valence-corrected chi connectivity index (χ3v) is 6.55. The van der Waals surface area contributed by atoms with E-state index in [9.17, 15) is 14.7 Å². The Balaban J connectivity index is 1.94. The molecule has 2 N–H and O–H groups in total. The molecule has 4 rings (SSSR count). The van der Waals surface area contributed by atoms with E-state index in [2.05, 4.69) is 15.4 Å². The van der Waals surface area contributed by atoms with E-state index in [4.69, 9.17) is 14.2 Å². The number of carboxylic acids is 1. The van der Waals surface area contributed by atoms with Gasteiger partial charge in [-0.25, -0.2) is 18.7 Å². The number of hydrogen-bond acceptors (Lipinski definition) is 7. The van der Waals surface area contributed by atoms with Crippen molar-refractivity contribution in [3.63, 3.8) is 0 Å². The average Bonchev–Trinajstić information content (AvgIpc) is 3.30. The third kappa shape index (κ3) is 6.10. The first-order chi connectivity index (χ1) is 18.8. The van der Waals surface area contributed by atoms with E-state index < -0.39 is 29.4 Å². The molecular weight excluding hydrogens is 519 g/mol. The van der Waals surface area contributed by atoms with Crippen LogP contribution in [-0.2, 0) is 20.7 Å². The number of aryl methyl sites for hydroxylation is 1. The minimum absolute atomic E-state index is 0.0309. The van der Waals surface area contributed by atoms with Crippen molar-refractivity contribution in [3.8, 4) is 17.0 Å². The minimum Gasteiger partial charge on any atom is -0.490 e. The van der Waals surface area contributed by atoms with Crippen molar-refractivity contribution in [1.82, 2.24) is 19.9 Å². The number of aromatic nitrogens is 3. The minimum atomic E-state index is -1.43. The Morgan fingerprint density at radius 2 is 1.98 bits per heavy atom. The average molecular weight is 557 g/mol. The molecule has 1 atom stereocenters. The van der Waals surface area contributed by atoms with Gasteiger partial charge in [-0.1, -0.05) is 0 Å². The van der Waals surface area contributed by atoms with Crippen LogP contribution in [0.2, 0.25) is 0 Å². The number of ether oxygens (including phenoxy) is 3. The highest BCUT2D eigenvalue weighted by Gasteiger charge is 2.34. The number of halogens is 1. The van der Waals surface area contributed by atoms with Crippen LogP contribution in [0.4, 0.5) is 4.39 Å². The molecule has 1 amide bonds. The lowest BCUT2D eigenvalue weighted by Gasteiger charge is -2.28. The Hall–Kier alpha value is -3.57. The summed E-state index contributed by atoms with van der Waals surface area (Å²) < 4.78 is 34.0. The predicted molar refractivity (Wildman–Crippen MR) is 146 cm³/mol. The Morgan fingerprint density at radius 1 is 1.25 bits per heavy atom. The van der Waals surface area contributed by atoms with Gasteiger partial charge in [0, 0.05) is 35.0 Å². The van der Waals surface area contributed by atoms with Gasteiger partial charge >= 0.3 is 5.97 Å². The summed E-state index contributed by atoms with van der Waals surface area (Å²) in [6, 6.07) is 2.85. The number of nitrogens with zero attached hydrogens (tertiary/aromatic N) is 3. The van der Waals surface area contributed by atoms with Crippen molar-refractivity contribution >= 4 is 17.5 Å². The molecule has 3 aromatic rings. The van der Waals surface area contributed by atoms with Crippen LogP contribution < -0.4 is 10.1 Å². The van der Waals surface area contributed by atoms with Crippen molar-refractivity contribution in [2.45, 2.75) is 79.1 Å². The van der Waals surface area contributed by atoms with Crippen LogP contribution >= 0.6 is 0 Å². The van der Waals surface area contributed by atoms with Crippen LogP contribution in [0.1, 0.15) is 80.0 Å². The quantitative estimate of drug-likeness (QED) is 0.367. The maximum absolute atomic E-state index is 15.4. The van der Waals surface area contributed by atoms with Gasteiger partial charge in [0.25, 0.3) is 5.91 Å². The number of carboxylic acid groups (broad SMARTS) is 1. The summed E-state index contributed by atoms with van der Waals surface area (Å²) in [5.74, 6) is -2.01. The molecule has 2 aromatic heterocycles. The maximum Gasteiger partial charge on any atom is 0.337 e. The standard InChI is InChI=1S/C29H37FN4O6/c1-15(2)38-12-10-31-27(35)21-14-22-32-17(4)23(26(28(36)37)40-29(5,6)7)24(34(22)33-21)19-13-20(30)25-18(16(19)3)9-8-11-39-25/h13-15,26H,8-12H2,1-7H3,(H,31,35)(H,36,37)/t26-/m0/s1. The molecule has 0 aliphatic carbocycles. The number of carbonyl (C=O) groups is 2. The number of carbonyl (C=O) groups excluding carboxylic acids is 1. The number of nitrogens with one attached hydrogen (secondary N) is 1. The zero-order valence-electron chi connectivity index (χ0n) is 24.1. The lowest BCUT2D eigenvalue weighted by atomic mass is 9.91. The van der Waals surface area contributed by atoms with Crippen LogP contribution in [-0.4, -0.2) is 63.0 Å². The Bertz CT molecular complexity index is 1440. The molecule has 11 heteroatoms. The molecule has 1 aliphatic heterocycles. The highest BCUT2D eigenvalue weighted by atomic mass is 19.1. The predicted octanol–water partition coefficient (Wildman–Crippen LogP) is 4.57. The van der Waals surface area contributed by atoms with Crippen LogP contribution in [0.3, 0.4) is 0 Å². The number of hydrogen-bond donors (Lipinski definition) is 2. The summed E-state index contributed by atoms with van der Waals surface area (Å²) in [5, 5.41) is 17.6.